The van der Waals surface area contributed by atoms with Crippen LogP contribution in [0.25, 0.3) is 15.9 Å². The fourth-order valence-corrected chi connectivity index (χ4v) is 5.63. The van der Waals surface area contributed by atoms with Crippen LogP contribution in [0.2, 0.25) is 0 Å². The molecule has 31 heavy (non-hydrogen) atoms. The van der Waals surface area contributed by atoms with E-state index in [0.717, 1.165) is 26.1 Å². The summed E-state index contributed by atoms with van der Waals surface area (Å²) in [5.41, 5.74) is 1.96. The maximum absolute atomic E-state index is 12.1. The fourth-order valence-electron chi connectivity index (χ4n) is 2.85. The van der Waals surface area contributed by atoms with E-state index < -0.39 is 0 Å². The molecule has 10 heteroatoms. The van der Waals surface area contributed by atoms with Crippen molar-refractivity contribution >= 4 is 51.0 Å². The number of amides is 1. The van der Waals surface area contributed by atoms with E-state index in [-0.39, 0.29) is 18.3 Å². The number of aromatic nitrogens is 4. The van der Waals surface area contributed by atoms with E-state index in [0.29, 0.717) is 23.9 Å². The van der Waals surface area contributed by atoms with E-state index >= 15 is 0 Å². The van der Waals surface area contributed by atoms with Gasteiger partial charge in [0, 0.05) is 18.8 Å². The SMILES string of the molecule is O=C(CSc1nnc(CSc2nc3ccccc3s2)n1-c1ccccc1)NCCCO. The normalized spacial score (nSPS) is 11.1. The van der Waals surface area contributed by atoms with Gasteiger partial charge in [-0.3, -0.25) is 9.36 Å². The Bertz CT molecular complexity index is 1110. The fraction of sp³-hybridized carbons (Fsp3) is 0.238. The van der Waals surface area contributed by atoms with Crippen molar-refractivity contribution in [1.29, 1.82) is 0 Å². The van der Waals surface area contributed by atoms with Crippen molar-refractivity contribution in [2.24, 2.45) is 0 Å². The van der Waals surface area contributed by atoms with Crippen molar-refractivity contribution in [3.05, 3.63) is 60.4 Å². The van der Waals surface area contributed by atoms with Crippen LogP contribution in [0.1, 0.15) is 12.2 Å². The predicted molar refractivity (Wildman–Crippen MR) is 126 cm³/mol. The van der Waals surface area contributed by atoms with Crippen LogP contribution >= 0.6 is 34.9 Å². The standard InChI is InChI=1S/C21H21N5O2S3/c27-12-6-11-22-19(28)14-29-20-25-24-18(26(20)15-7-2-1-3-8-15)13-30-21-23-16-9-4-5-10-17(16)31-21/h1-5,7-10,27H,6,11-14H2,(H,22,28). The van der Waals surface area contributed by atoms with Crippen molar-refractivity contribution in [1.82, 2.24) is 25.1 Å². The lowest BCUT2D eigenvalue weighted by Crippen LogP contribution is -2.26. The molecule has 0 saturated carbocycles. The Morgan fingerprint density at radius 2 is 1.87 bits per heavy atom. The van der Waals surface area contributed by atoms with Crippen molar-refractivity contribution in [2.45, 2.75) is 21.7 Å². The molecule has 0 unspecified atom stereocenters. The highest BCUT2D eigenvalue weighted by atomic mass is 32.2. The lowest BCUT2D eigenvalue weighted by molar-refractivity contribution is -0.118. The molecule has 160 valence electrons. The minimum Gasteiger partial charge on any atom is -0.396 e. The number of thioether (sulfide) groups is 2. The van der Waals surface area contributed by atoms with Gasteiger partial charge in [-0.1, -0.05) is 53.9 Å². The molecule has 0 spiro atoms. The molecule has 1 amide bonds. The first kappa shape index (κ1) is 21.8. The zero-order chi connectivity index (χ0) is 21.5. The molecule has 0 aliphatic rings. The van der Waals surface area contributed by atoms with Gasteiger partial charge in [-0.05, 0) is 30.7 Å². The first-order chi connectivity index (χ1) is 15.2. The largest absolute Gasteiger partial charge is 0.396 e. The Kier molecular flexibility index (Phi) is 7.57. The van der Waals surface area contributed by atoms with Gasteiger partial charge in [0.25, 0.3) is 0 Å². The smallest absolute Gasteiger partial charge is 0.230 e. The van der Waals surface area contributed by atoms with Crippen LogP contribution in [0.4, 0.5) is 0 Å². The Labute approximate surface area is 192 Å². The van der Waals surface area contributed by atoms with Crippen molar-refractivity contribution < 1.29 is 9.90 Å². The third kappa shape index (κ3) is 5.65. The summed E-state index contributed by atoms with van der Waals surface area (Å²) in [5.74, 6) is 1.57. The molecular formula is C21H21N5O2S3. The molecule has 2 heterocycles. The van der Waals surface area contributed by atoms with Gasteiger partial charge in [-0.2, -0.15) is 0 Å². The summed E-state index contributed by atoms with van der Waals surface area (Å²) in [6.45, 7) is 0.525. The summed E-state index contributed by atoms with van der Waals surface area (Å²) < 4.78 is 4.14. The molecule has 2 aromatic carbocycles. The quantitative estimate of drug-likeness (QED) is 0.269. The minimum absolute atomic E-state index is 0.0610. The van der Waals surface area contributed by atoms with Crippen LogP contribution in [-0.4, -0.2) is 49.7 Å². The van der Waals surface area contributed by atoms with Gasteiger partial charge in [-0.15, -0.1) is 21.5 Å². The van der Waals surface area contributed by atoms with Crippen molar-refractivity contribution in [3.8, 4) is 5.69 Å². The highest BCUT2D eigenvalue weighted by molar-refractivity contribution is 8.00. The second-order valence-electron chi connectivity index (χ2n) is 6.52. The number of fused-ring (bicyclic) bond motifs is 1. The second kappa shape index (κ2) is 10.8. The van der Waals surface area contributed by atoms with Gasteiger partial charge in [-0.25, -0.2) is 4.98 Å². The first-order valence-corrected chi connectivity index (χ1v) is 12.5. The van der Waals surface area contributed by atoms with Gasteiger partial charge in [0.15, 0.2) is 9.50 Å². The number of aliphatic hydroxyl groups excluding tert-OH is 1. The van der Waals surface area contributed by atoms with E-state index in [1.807, 2.05) is 53.1 Å². The highest BCUT2D eigenvalue weighted by Crippen LogP contribution is 2.32. The summed E-state index contributed by atoms with van der Waals surface area (Å²) in [6, 6.07) is 18.0. The predicted octanol–water partition coefficient (Wildman–Crippen LogP) is 3.76. The van der Waals surface area contributed by atoms with Crippen LogP contribution in [0, 0.1) is 0 Å². The molecule has 7 nitrogen and oxygen atoms in total. The molecule has 2 aromatic heterocycles. The van der Waals surface area contributed by atoms with Crippen LogP contribution in [0.15, 0.2) is 64.1 Å². The van der Waals surface area contributed by atoms with Crippen molar-refractivity contribution in [2.75, 3.05) is 18.9 Å². The number of rotatable bonds is 10. The summed E-state index contributed by atoms with van der Waals surface area (Å²) in [5, 5.41) is 21.0. The number of benzene rings is 2. The van der Waals surface area contributed by atoms with Crippen LogP contribution < -0.4 is 5.32 Å². The number of carbonyl (C=O) groups is 1. The molecule has 0 radical (unpaired) electrons. The maximum Gasteiger partial charge on any atom is 0.230 e. The Morgan fingerprint density at radius 1 is 1.06 bits per heavy atom. The second-order valence-corrected chi connectivity index (χ2v) is 9.72. The number of hydrogen-bond donors (Lipinski definition) is 2. The topological polar surface area (TPSA) is 92.9 Å². The summed E-state index contributed by atoms with van der Waals surface area (Å²) >= 11 is 4.65. The molecule has 0 atom stereocenters. The number of carbonyl (C=O) groups excluding carboxylic acids is 1. The number of hydrogen-bond acceptors (Lipinski definition) is 8. The van der Waals surface area contributed by atoms with Crippen LogP contribution in [-0.2, 0) is 10.5 Å². The van der Waals surface area contributed by atoms with E-state index in [1.54, 1.807) is 23.1 Å². The molecule has 4 rings (SSSR count). The van der Waals surface area contributed by atoms with Crippen molar-refractivity contribution in [3.63, 3.8) is 0 Å². The molecular weight excluding hydrogens is 450 g/mol. The average Bonchev–Trinajstić information content (AvgIpc) is 3.40. The van der Waals surface area contributed by atoms with E-state index in [9.17, 15) is 4.79 Å². The zero-order valence-corrected chi connectivity index (χ0v) is 19.1. The molecule has 4 aromatic rings. The number of para-hydroxylation sites is 2. The number of nitrogens with one attached hydrogen (secondary N) is 1. The molecule has 0 bridgehead atoms. The first-order valence-electron chi connectivity index (χ1n) is 9.73. The minimum atomic E-state index is -0.0912. The van der Waals surface area contributed by atoms with Crippen LogP contribution in [0.5, 0.6) is 0 Å². The highest BCUT2D eigenvalue weighted by Gasteiger charge is 2.17. The third-order valence-electron chi connectivity index (χ3n) is 4.30. The van der Waals surface area contributed by atoms with Gasteiger partial charge in [0.05, 0.1) is 21.7 Å². The summed E-state index contributed by atoms with van der Waals surface area (Å²) in [7, 11) is 0. The lowest BCUT2D eigenvalue weighted by Gasteiger charge is -2.10. The molecule has 2 N–H and O–H groups in total. The maximum atomic E-state index is 12.1. The van der Waals surface area contributed by atoms with Gasteiger partial charge >= 0.3 is 0 Å². The van der Waals surface area contributed by atoms with Gasteiger partial charge in [0.1, 0.15) is 5.82 Å². The molecule has 0 saturated heterocycles. The van der Waals surface area contributed by atoms with Gasteiger partial charge < -0.3 is 10.4 Å². The molecule has 0 aliphatic carbocycles. The Hall–Kier alpha value is -2.40. The summed E-state index contributed by atoms with van der Waals surface area (Å²) in [6.07, 6.45) is 0.545. The third-order valence-corrected chi connectivity index (χ3v) is 7.41. The average molecular weight is 472 g/mol. The number of aliphatic hydroxyl groups is 1. The zero-order valence-electron chi connectivity index (χ0n) is 16.6. The molecule has 0 fully saturated rings. The Balaban J connectivity index is 1.49. The Morgan fingerprint density at radius 3 is 2.68 bits per heavy atom. The lowest BCUT2D eigenvalue weighted by atomic mass is 10.3. The van der Waals surface area contributed by atoms with Gasteiger partial charge in [0.2, 0.25) is 5.91 Å². The molecule has 0 aliphatic heterocycles. The van der Waals surface area contributed by atoms with E-state index in [4.69, 9.17) is 5.11 Å². The van der Waals surface area contributed by atoms with E-state index in [1.165, 1.54) is 11.8 Å². The number of nitrogens with zero attached hydrogens (tertiary/aromatic N) is 4. The summed E-state index contributed by atoms with van der Waals surface area (Å²) in [4.78, 5) is 16.7. The number of thiazole rings is 1. The van der Waals surface area contributed by atoms with E-state index in [2.05, 4.69) is 26.6 Å². The monoisotopic (exact) mass is 471 g/mol. The van der Waals surface area contributed by atoms with Crippen LogP contribution in [0.3, 0.4) is 0 Å².